The van der Waals surface area contributed by atoms with Gasteiger partial charge in [0, 0.05) is 5.69 Å². The zero-order valence-corrected chi connectivity index (χ0v) is 12.9. The van der Waals surface area contributed by atoms with Gasteiger partial charge in [-0.1, -0.05) is 17.2 Å². The zero-order valence-electron chi connectivity index (χ0n) is 12.9. The first-order chi connectivity index (χ1) is 10.9. The van der Waals surface area contributed by atoms with Crippen LogP contribution in [-0.4, -0.2) is 32.6 Å². The van der Waals surface area contributed by atoms with Crippen LogP contribution in [0.1, 0.15) is 45.1 Å². The summed E-state index contributed by atoms with van der Waals surface area (Å²) >= 11 is 0. The summed E-state index contributed by atoms with van der Waals surface area (Å²) in [7, 11) is 0. The van der Waals surface area contributed by atoms with Crippen molar-refractivity contribution in [3.05, 3.63) is 52.8 Å². The number of benzene rings is 1. The lowest BCUT2D eigenvalue weighted by atomic mass is 10.1. The highest BCUT2D eigenvalue weighted by atomic mass is 16.7. The second kappa shape index (κ2) is 5.35. The molecule has 0 saturated heterocycles. The maximum Gasteiger partial charge on any atom is 0.357 e. The molecular weight excluding hydrogens is 298 g/mol. The lowest BCUT2D eigenvalue weighted by Gasteiger charge is -2.17. The molecule has 2 amide bonds. The molecule has 0 aliphatic carbocycles. The number of hydrogen-bond acceptors (Lipinski definition) is 5. The minimum atomic E-state index is -0.756. The van der Waals surface area contributed by atoms with Gasteiger partial charge in [-0.2, -0.15) is 5.10 Å². The maximum absolute atomic E-state index is 12.3. The second-order valence-corrected chi connectivity index (χ2v) is 5.41. The standard InChI is InChI=1S/C16H15N3O4/c1-9-8-10(2)18(17-9)11(3)16(22)23-19-14(20)12-6-4-5-7-13(12)15(19)21/h4-8,11H,1-3H3. The molecule has 118 valence electrons. The van der Waals surface area contributed by atoms with Gasteiger partial charge in [0.2, 0.25) is 0 Å². The molecule has 0 spiro atoms. The number of fused-ring (bicyclic) bond motifs is 1. The molecule has 0 radical (unpaired) electrons. The number of hydrogen-bond donors (Lipinski definition) is 0. The Morgan fingerprint density at radius 1 is 1.13 bits per heavy atom. The van der Waals surface area contributed by atoms with E-state index in [1.165, 1.54) is 16.8 Å². The highest BCUT2D eigenvalue weighted by molar-refractivity contribution is 6.20. The summed E-state index contributed by atoms with van der Waals surface area (Å²) in [5.74, 6) is -2.01. The third-order valence-corrected chi connectivity index (χ3v) is 3.69. The van der Waals surface area contributed by atoms with Crippen molar-refractivity contribution >= 4 is 17.8 Å². The SMILES string of the molecule is Cc1cc(C)n(C(C)C(=O)ON2C(=O)c3ccccc3C2=O)n1. The van der Waals surface area contributed by atoms with Crippen molar-refractivity contribution in [2.45, 2.75) is 26.8 Å². The zero-order chi connectivity index (χ0) is 16.7. The van der Waals surface area contributed by atoms with Gasteiger partial charge in [0.1, 0.15) is 6.04 Å². The number of aryl methyl sites for hydroxylation is 2. The summed E-state index contributed by atoms with van der Waals surface area (Å²) in [5.41, 5.74) is 2.00. The molecule has 2 heterocycles. The van der Waals surface area contributed by atoms with E-state index in [9.17, 15) is 14.4 Å². The molecule has 1 aliphatic rings. The van der Waals surface area contributed by atoms with E-state index in [1.807, 2.05) is 19.9 Å². The summed E-state index contributed by atoms with van der Waals surface area (Å²) in [5, 5.41) is 4.72. The number of carbonyl (C=O) groups excluding carboxylic acids is 3. The van der Waals surface area contributed by atoms with Crippen LogP contribution >= 0.6 is 0 Å². The fourth-order valence-electron chi connectivity index (χ4n) is 2.55. The van der Waals surface area contributed by atoms with E-state index in [2.05, 4.69) is 5.10 Å². The fraction of sp³-hybridized carbons (Fsp3) is 0.250. The van der Waals surface area contributed by atoms with Gasteiger partial charge in [-0.15, -0.1) is 0 Å². The number of nitrogens with zero attached hydrogens (tertiary/aromatic N) is 3. The molecule has 7 nitrogen and oxygen atoms in total. The maximum atomic E-state index is 12.3. The first-order valence-electron chi connectivity index (χ1n) is 7.12. The van der Waals surface area contributed by atoms with E-state index < -0.39 is 23.8 Å². The Balaban J connectivity index is 1.80. The predicted octanol–water partition coefficient (Wildman–Crippen LogP) is 1.82. The first-order valence-corrected chi connectivity index (χ1v) is 7.12. The van der Waals surface area contributed by atoms with Crippen LogP contribution in [0.2, 0.25) is 0 Å². The Bertz CT molecular complexity index is 789. The van der Waals surface area contributed by atoms with Gasteiger partial charge < -0.3 is 4.84 Å². The van der Waals surface area contributed by atoms with Gasteiger partial charge in [-0.3, -0.25) is 14.3 Å². The molecule has 0 fully saturated rings. The molecule has 23 heavy (non-hydrogen) atoms. The minimum absolute atomic E-state index is 0.226. The van der Waals surface area contributed by atoms with Gasteiger partial charge in [0.15, 0.2) is 0 Å². The third kappa shape index (κ3) is 2.40. The van der Waals surface area contributed by atoms with E-state index in [-0.39, 0.29) is 11.1 Å². The van der Waals surface area contributed by atoms with Crippen molar-refractivity contribution in [2.75, 3.05) is 0 Å². The summed E-state index contributed by atoms with van der Waals surface area (Å²) in [6.07, 6.45) is 0. The Morgan fingerprint density at radius 3 is 2.17 bits per heavy atom. The largest absolute Gasteiger partial charge is 0.357 e. The van der Waals surface area contributed by atoms with Crippen molar-refractivity contribution in [3.63, 3.8) is 0 Å². The molecule has 0 saturated carbocycles. The lowest BCUT2D eigenvalue weighted by Crippen LogP contribution is -2.35. The van der Waals surface area contributed by atoms with Crippen LogP contribution in [0.15, 0.2) is 30.3 Å². The number of imide groups is 1. The fourth-order valence-corrected chi connectivity index (χ4v) is 2.55. The van der Waals surface area contributed by atoms with Crippen LogP contribution in [0.4, 0.5) is 0 Å². The highest BCUT2D eigenvalue weighted by Crippen LogP contribution is 2.24. The number of hydroxylamine groups is 2. The molecule has 1 aromatic heterocycles. The van der Waals surface area contributed by atoms with Gasteiger partial charge in [-0.25, -0.2) is 4.79 Å². The number of carbonyl (C=O) groups is 3. The second-order valence-electron chi connectivity index (χ2n) is 5.41. The monoisotopic (exact) mass is 313 g/mol. The normalized spacial score (nSPS) is 14.8. The van der Waals surface area contributed by atoms with E-state index in [0.29, 0.717) is 5.06 Å². The predicted molar refractivity (Wildman–Crippen MR) is 79.4 cm³/mol. The van der Waals surface area contributed by atoms with Gasteiger partial charge >= 0.3 is 5.97 Å². The van der Waals surface area contributed by atoms with Crippen LogP contribution in [0.5, 0.6) is 0 Å². The van der Waals surface area contributed by atoms with Gasteiger partial charge in [0.05, 0.1) is 16.8 Å². The number of amides is 2. The molecular formula is C16H15N3O4. The topological polar surface area (TPSA) is 81.5 Å². The Kier molecular flexibility index (Phi) is 3.48. The van der Waals surface area contributed by atoms with E-state index in [4.69, 9.17) is 4.84 Å². The van der Waals surface area contributed by atoms with Crippen molar-refractivity contribution in [1.29, 1.82) is 0 Å². The van der Waals surface area contributed by atoms with Crippen LogP contribution in [0, 0.1) is 13.8 Å². The van der Waals surface area contributed by atoms with Crippen molar-refractivity contribution in [1.82, 2.24) is 14.8 Å². The Hall–Kier alpha value is -2.96. The van der Waals surface area contributed by atoms with Crippen LogP contribution in [-0.2, 0) is 9.63 Å². The molecule has 0 N–H and O–H groups in total. The highest BCUT2D eigenvalue weighted by Gasteiger charge is 2.39. The van der Waals surface area contributed by atoms with E-state index in [0.717, 1.165) is 11.4 Å². The summed E-state index contributed by atoms with van der Waals surface area (Å²) in [6.45, 7) is 5.22. The van der Waals surface area contributed by atoms with Crippen LogP contribution in [0.25, 0.3) is 0 Å². The van der Waals surface area contributed by atoms with Gasteiger partial charge in [0.25, 0.3) is 11.8 Å². The molecule has 0 bridgehead atoms. The first kappa shape index (κ1) is 15.0. The molecule has 1 aliphatic heterocycles. The summed E-state index contributed by atoms with van der Waals surface area (Å²) in [6, 6.07) is 7.41. The Morgan fingerprint density at radius 2 is 1.70 bits per heavy atom. The smallest absolute Gasteiger partial charge is 0.327 e. The summed E-state index contributed by atoms with van der Waals surface area (Å²) < 4.78 is 1.50. The lowest BCUT2D eigenvalue weighted by molar-refractivity contribution is -0.172. The molecule has 7 heteroatoms. The third-order valence-electron chi connectivity index (χ3n) is 3.69. The quantitative estimate of drug-likeness (QED) is 0.807. The Labute approximate surface area is 132 Å². The number of aromatic nitrogens is 2. The molecule has 1 aromatic carbocycles. The number of rotatable bonds is 3. The summed E-state index contributed by atoms with van der Waals surface area (Å²) in [4.78, 5) is 41.7. The molecule has 3 rings (SSSR count). The molecule has 1 atom stereocenters. The van der Waals surface area contributed by atoms with E-state index in [1.54, 1.807) is 19.1 Å². The minimum Gasteiger partial charge on any atom is -0.327 e. The van der Waals surface area contributed by atoms with Crippen molar-refractivity contribution < 1.29 is 19.2 Å². The van der Waals surface area contributed by atoms with Crippen LogP contribution < -0.4 is 0 Å². The average molecular weight is 313 g/mol. The molecule has 2 aromatic rings. The molecule has 1 unspecified atom stereocenters. The van der Waals surface area contributed by atoms with E-state index >= 15 is 0 Å². The van der Waals surface area contributed by atoms with Crippen molar-refractivity contribution in [2.24, 2.45) is 0 Å². The van der Waals surface area contributed by atoms with Gasteiger partial charge in [-0.05, 0) is 39.0 Å². The average Bonchev–Trinajstić information content (AvgIpc) is 2.99. The van der Waals surface area contributed by atoms with Crippen LogP contribution in [0.3, 0.4) is 0 Å². The van der Waals surface area contributed by atoms with Crippen molar-refractivity contribution in [3.8, 4) is 0 Å².